The van der Waals surface area contributed by atoms with E-state index in [2.05, 4.69) is 11.9 Å². The van der Waals surface area contributed by atoms with E-state index < -0.39 is 0 Å². The average Bonchev–Trinajstić information content (AvgIpc) is 2.37. The predicted molar refractivity (Wildman–Crippen MR) is 73.2 cm³/mol. The van der Waals surface area contributed by atoms with Crippen molar-refractivity contribution >= 4 is 18.2 Å². The molecule has 4 N–H and O–H groups in total. The third kappa shape index (κ3) is 7.07. The highest BCUT2D eigenvalue weighted by molar-refractivity contribution is 5.85. The first-order valence-electron chi connectivity index (χ1n) is 6.26. The summed E-state index contributed by atoms with van der Waals surface area (Å²) in [5.41, 5.74) is 11.5. The Kier molecular flexibility index (Phi) is 8.67. The zero-order chi connectivity index (χ0) is 11.1. The number of nitrogens with two attached hydrogens (primary N) is 2. The van der Waals surface area contributed by atoms with Crippen LogP contribution in [0, 0.1) is 0 Å². The first-order chi connectivity index (χ1) is 7.18. The summed E-state index contributed by atoms with van der Waals surface area (Å²) < 4.78 is 0. The Labute approximate surface area is 105 Å². The van der Waals surface area contributed by atoms with Crippen LogP contribution in [0.15, 0.2) is 4.99 Å². The van der Waals surface area contributed by atoms with Crippen molar-refractivity contribution in [1.82, 2.24) is 0 Å². The smallest absolute Gasteiger partial charge is 0.0940 e. The lowest BCUT2D eigenvalue weighted by atomic mass is 10.0. The van der Waals surface area contributed by atoms with Gasteiger partial charge in [-0.15, -0.1) is 12.4 Å². The first kappa shape index (κ1) is 15.7. The second-order valence-corrected chi connectivity index (χ2v) is 4.78. The van der Waals surface area contributed by atoms with E-state index >= 15 is 0 Å². The van der Waals surface area contributed by atoms with Gasteiger partial charge in [0.1, 0.15) is 0 Å². The lowest BCUT2D eigenvalue weighted by molar-refractivity contribution is 0.502. The van der Waals surface area contributed by atoms with Crippen molar-refractivity contribution in [2.24, 2.45) is 16.5 Å². The molecule has 0 fully saturated rings. The van der Waals surface area contributed by atoms with Gasteiger partial charge in [-0.05, 0) is 32.6 Å². The molecule has 16 heavy (non-hydrogen) atoms. The third-order valence-corrected chi connectivity index (χ3v) is 3.02. The van der Waals surface area contributed by atoms with E-state index in [9.17, 15) is 0 Å². The Bertz CT molecular complexity index is 204. The van der Waals surface area contributed by atoms with Crippen molar-refractivity contribution in [3.8, 4) is 0 Å². The molecule has 1 heterocycles. The van der Waals surface area contributed by atoms with E-state index in [4.69, 9.17) is 11.5 Å². The van der Waals surface area contributed by atoms with Crippen LogP contribution in [0.25, 0.3) is 0 Å². The number of unbranched alkanes of at least 4 members (excludes halogenated alkanes) is 1. The fourth-order valence-corrected chi connectivity index (χ4v) is 2.10. The van der Waals surface area contributed by atoms with Gasteiger partial charge in [0.2, 0.25) is 0 Å². The molecular weight excluding hydrogens is 222 g/mol. The van der Waals surface area contributed by atoms with Crippen molar-refractivity contribution in [1.29, 1.82) is 0 Å². The van der Waals surface area contributed by atoms with E-state index in [1.807, 2.05) is 0 Å². The van der Waals surface area contributed by atoms with E-state index in [1.165, 1.54) is 38.5 Å². The molecule has 1 aliphatic heterocycles. The number of halogens is 1. The van der Waals surface area contributed by atoms with Crippen LogP contribution in [0.2, 0.25) is 0 Å². The van der Waals surface area contributed by atoms with Gasteiger partial charge in [-0.1, -0.05) is 19.3 Å². The summed E-state index contributed by atoms with van der Waals surface area (Å²) in [6, 6.07) is 0.827. The molecule has 0 spiro atoms. The van der Waals surface area contributed by atoms with Crippen LogP contribution in [0.5, 0.6) is 0 Å². The van der Waals surface area contributed by atoms with Crippen molar-refractivity contribution in [2.45, 2.75) is 70.4 Å². The van der Waals surface area contributed by atoms with Gasteiger partial charge in [0.15, 0.2) is 0 Å². The van der Waals surface area contributed by atoms with E-state index in [0.717, 1.165) is 18.7 Å². The maximum atomic E-state index is 5.81. The zero-order valence-electron chi connectivity index (χ0n) is 10.3. The Morgan fingerprint density at radius 1 is 1.38 bits per heavy atom. The minimum absolute atomic E-state index is 0. The van der Waals surface area contributed by atoms with Gasteiger partial charge in [-0.2, -0.15) is 0 Å². The summed E-state index contributed by atoms with van der Waals surface area (Å²) in [5, 5.41) is 0. The molecule has 1 rings (SSSR count). The quantitative estimate of drug-likeness (QED) is 0.734. The molecule has 0 radical (unpaired) electrons. The molecule has 0 aliphatic carbocycles. The maximum absolute atomic E-state index is 5.81. The highest BCUT2D eigenvalue weighted by Crippen LogP contribution is 2.17. The lowest BCUT2D eigenvalue weighted by Gasteiger charge is -2.11. The molecule has 3 nitrogen and oxygen atoms in total. The number of rotatable bonds is 5. The number of amidine groups is 1. The van der Waals surface area contributed by atoms with Gasteiger partial charge < -0.3 is 11.5 Å². The molecule has 4 heteroatoms. The van der Waals surface area contributed by atoms with E-state index in [1.54, 1.807) is 0 Å². The normalized spacial score (nSPS) is 22.9. The van der Waals surface area contributed by atoms with Crippen LogP contribution in [-0.4, -0.2) is 17.9 Å². The minimum Gasteiger partial charge on any atom is -0.387 e. The molecule has 0 bridgehead atoms. The van der Waals surface area contributed by atoms with Crippen molar-refractivity contribution < 1.29 is 0 Å². The molecule has 0 aromatic rings. The third-order valence-electron chi connectivity index (χ3n) is 3.02. The number of aliphatic imine (C=N–C) groups is 1. The highest BCUT2D eigenvalue weighted by atomic mass is 35.5. The SMILES string of the molecule is C[C@H](N)CCCC[C@H]1CCCCC(N)=N1.Cl. The predicted octanol–water partition coefficient (Wildman–Crippen LogP) is 2.62. The Morgan fingerprint density at radius 2 is 2.12 bits per heavy atom. The maximum Gasteiger partial charge on any atom is 0.0940 e. The van der Waals surface area contributed by atoms with Crippen LogP contribution < -0.4 is 11.5 Å². The standard InChI is InChI=1S/C12H25N3.ClH/c1-10(13)6-2-3-7-11-8-4-5-9-12(14)15-11;/h10-11H,2-9,13H2,1H3,(H2,14,15);1H/t10-,11-;/m0./s1. The number of hydrogen-bond acceptors (Lipinski definition) is 3. The summed E-state index contributed by atoms with van der Waals surface area (Å²) in [7, 11) is 0. The van der Waals surface area contributed by atoms with Crippen molar-refractivity contribution in [3.63, 3.8) is 0 Å². The second-order valence-electron chi connectivity index (χ2n) is 4.78. The molecule has 96 valence electrons. The fourth-order valence-electron chi connectivity index (χ4n) is 2.10. The first-order valence-corrected chi connectivity index (χ1v) is 6.26. The summed E-state index contributed by atoms with van der Waals surface area (Å²) in [5.74, 6) is 0.865. The van der Waals surface area contributed by atoms with Gasteiger partial charge in [-0.3, -0.25) is 4.99 Å². The zero-order valence-corrected chi connectivity index (χ0v) is 11.1. The second kappa shape index (κ2) is 8.82. The van der Waals surface area contributed by atoms with Crippen LogP contribution in [0.1, 0.15) is 58.3 Å². The highest BCUT2D eigenvalue weighted by Gasteiger charge is 2.11. The molecule has 1 aliphatic rings. The minimum atomic E-state index is 0. The van der Waals surface area contributed by atoms with Gasteiger partial charge in [-0.25, -0.2) is 0 Å². The molecule has 0 unspecified atom stereocenters. The molecule has 0 aromatic carbocycles. The molecule has 0 aromatic heterocycles. The summed E-state index contributed by atoms with van der Waals surface area (Å²) in [6.07, 6.45) is 9.49. The van der Waals surface area contributed by atoms with E-state index in [-0.39, 0.29) is 12.4 Å². The molecular formula is C12H26ClN3. The summed E-state index contributed by atoms with van der Waals surface area (Å²) in [6.45, 7) is 2.07. The Morgan fingerprint density at radius 3 is 2.81 bits per heavy atom. The van der Waals surface area contributed by atoms with Crippen molar-refractivity contribution in [3.05, 3.63) is 0 Å². The number of hydrogen-bond donors (Lipinski definition) is 2. The summed E-state index contributed by atoms with van der Waals surface area (Å²) >= 11 is 0. The van der Waals surface area contributed by atoms with Crippen LogP contribution >= 0.6 is 12.4 Å². The Balaban J connectivity index is 0.00000225. The van der Waals surface area contributed by atoms with Gasteiger partial charge in [0.25, 0.3) is 0 Å². The van der Waals surface area contributed by atoms with Gasteiger partial charge in [0.05, 0.1) is 11.9 Å². The molecule has 0 saturated heterocycles. The van der Waals surface area contributed by atoms with Gasteiger partial charge in [0, 0.05) is 12.5 Å². The van der Waals surface area contributed by atoms with Crippen molar-refractivity contribution in [2.75, 3.05) is 0 Å². The van der Waals surface area contributed by atoms with Crippen LogP contribution in [0.3, 0.4) is 0 Å². The molecule has 2 atom stereocenters. The molecule has 0 amide bonds. The summed E-state index contributed by atoms with van der Waals surface area (Å²) in [4.78, 5) is 4.56. The van der Waals surface area contributed by atoms with Gasteiger partial charge >= 0.3 is 0 Å². The number of nitrogens with zero attached hydrogens (tertiary/aromatic N) is 1. The average molecular weight is 248 g/mol. The largest absolute Gasteiger partial charge is 0.387 e. The Hall–Kier alpha value is -0.280. The van der Waals surface area contributed by atoms with Crippen LogP contribution in [-0.2, 0) is 0 Å². The van der Waals surface area contributed by atoms with E-state index in [0.29, 0.717) is 12.1 Å². The van der Waals surface area contributed by atoms with Crippen LogP contribution in [0.4, 0.5) is 0 Å². The topological polar surface area (TPSA) is 64.4 Å². The fraction of sp³-hybridized carbons (Fsp3) is 0.917. The monoisotopic (exact) mass is 247 g/mol. The lowest BCUT2D eigenvalue weighted by Crippen LogP contribution is -2.15. The molecule has 0 saturated carbocycles.